The number of rotatable bonds is 4. The first-order chi connectivity index (χ1) is 11.1. The third-order valence-electron chi connectivity index (χ3n) is 4.80. The Morgan fingerprint density at radius 2 is 2.00 bits per heavy atom. The van der Waals surface area contributed by atoms with Crippen molar-refractivity contribution in [2.75, 3.05) is 38.3 Å². The van der Waals surface area contributed by atoms with Crippen LogP contribution < -0.4 is 9.64 Å². The lowest BCUT2D eigenvalue weighted by Gasteiger charge is -2.34. The molecular weight excluding hydrogens is 291 g/mol. The predicted octanol–water partition coefficient (Wildman–Crippen LogP) is 0.786. The summed E-state index contributed by atoms with van der Waals surface area (Å²) in [4.78, 5) is 16.8. The summed E-state index contributed by atoms with van der Waals surface area (Å²) >= 11 is 0. The first kappa shape index (κ1) is 16.3. The molecule has 1 unspecified atom stereocenters. The van der Waals surface area contributed by atoms with E-state index in [4.69, 9.17) is 9.47 Å². The molecule has 1 amide bonds. The zero-order valence-corrected chi connectivity index (χ0v) is 14.3. The average molecular weight is 316 g/mol. The highest BCUT2D eigenvalue weighted by Crippen LogP contribution is 2.38. The minimum absolute atomic E-state index is 0.0442. The van der Waals surface area contributed by atoms with Crippen LogP contribution in [-0.4, -0.2) is 58.2 Å². The summed E-state index contributed by atoms with van der Waals surface area (Å²) in [5.41, 5.74) is 3.59. The molecule has 6 heteroatoms. The molecule has 2 heterocycles. The standard InChI is InChI=1S/C17H25BN2O3/c1-3-15-17(21)20(8-9-22-2)14-10-12-4-6-19(18)7-5-13(12)11-16(14)23-15/h10-11,15H,3-9,18H2,1-2H3. The molecule has 0 radical (unpaired) electrons. The second kappa shape index (κ2) is 6.93. The van der Waals surface area contributed by atoms with Gasteiger partial charge in [-0.3, -0.25) is 4.79 Å². The summed E-state index contributed by atoms with van der Waals surface area (Å²) in [5, 5.41) is 0. The van der Waals surface area contributed by atoms with Crippen LogP contribution in [0.4, 0.5) is 5.69 Å². The Kier molecular flexibility index (Phi) is 4.92. The zero-order valence-electron chi connectivity index (χ0n) is 14.3. The highest BCUT2D eigenvalue weighted by Gasteiger charge is 2.34. The number of amides is 1. The van der Waals surface area contributed by atoms with Crippen LogP contribution in [0.5, 0.6) is 5.75 Å². The summed E-state index contributed by atoms with van der Waals surface area (Å²) in [7, 11) is 3.82. The number of carbonyl (C=O) groups is 1. The van der Waals surface area contributed by atoms with Crippen molar-refractivity contribution in [3.63, 3.8) is 0 Å². The Hall–Kier alpha value is -1.53. The molecule has 2 aliphatic rings. The van der Waals surface area contributed by atoms with Gasteiger partial charge >= 0.3 is 0 Å². The Bertz CT molecular complexity index is 593. The number of fused-ring (bicyclic) bond motifs is 2. The first-order valence-electron chi connectivity index (χ1n) is 8.45. The molecule has 0 fully saturated rings. The third kappa shape index (κ3) is 3.24. The second-order valence-electron chi connectivity index (χ2n) is 6.39. The number of anilines is 1. The van der Waals surface area contributed by atoms with E-state index in [9.17, 15) is 4.79 Å². The van der Waals surface area contributed by atoms with E-state index >= 15 is 0 Å². The molecule has 1 aromatic carbocycles. The number of nitrogens with zero attached hydrogens (tertiary/aromatic N) is 2. The highest BCUT2D eigenvalue weighted by atomic mass is 16.5. The van der Waals surface area contributed by atoms with E-state index in [1.165, 1.54) is 11.1 Å². The van der Waals surface area contributed by atoms with Gasteiger partial charge in [-0.05, 0) is 55.6 Å². The molecule has 0 aliphatic carbocycles. The van der Waals surface area contributed by atoms with Gasteiger partial charge in [-0.15, -0.1) is 0 Å². The molecule has 124 valence electrons. The van der Waals surface area contributed by atoms with Gasteiger partial charge in [0.1, 0.15) is 5.75 Å². The van der Waals surface area contributed by atoms with E-state index in [0.29, 0.717) is 19.6 Å². The molecule has 0 bridgehead atoms. The molecule has 1 aromatic rings. The van der Waals surface area contributed by atoms with Crippen LogP contribution in [-0.2, 0) is 22.4 Å². The fraction of sp³-hybridized carbons (Fsp3) is 0.588. The summed E-state index contributed by atoms with van der Waals surface area (Å²) < 4.78 is 11.2. The normalized spacial score (nSPS) is 21.4. The van der Waals surface area contributed by atoms with Gasteiger partial charge in [0.15, 0.2) is 14.1 Å². The topological polar surface area (TPSA) is 42.0 Å². The summed E-state index contributed by atoms with van der Waals surface area (Å²) in [6, 6.07) is 4.31. The Labute approximate surface area is 139 Å². The van der Waals surface area contributed by atoms with Gasteiger partial charge in [0.2, 0.25) is 0 Å². The molecular formula is C17H25BN2O3. The summed E-state index contributed by atoms with van der Waals surface area (Å²) in [6.45, 7) is 5.20. The molecule has 5 nitrogen and oxygen atoms in total. The van der Waals surface area contributed by atoms with Crippen LogP contribution in [0.25, 0.3) is 0 Å². The zero-order chi connectivity index (χ0) is 16.4. The number of carbonyl (C=O) groups excluding carboxylic acids is 1. The maximum absolute atomic E-state index is 12.7. The lowest BCUT2D eigenvalue weighted by atomic mass is 9.99. The van der Waals surface area contributed by atoms with Gasteiger partial charge in [0, 0.05) is 13.7 Å². The molecule has 1 atom stereocenters. The maximum Gasteiger partial charge on any atom is 0.268 e. The largest absolute Gasteiger partial charge is 0.478 e. The van der Waals surface area contributed by atoms with Crippen molar-refractivity contribution >= 4 is 19.6 Å². The maximum atomic E-state index is 12.7. The average Bonchev–Trinajstić information content (AvgIpc) is 2.74. The van der Waals surface area contributed by atoms with E-state index in [2.05, 4.69) is 24.9 Å². The Morgan fingerprint density at radius 3 is 2.65 bits per heavy atom. The molecule has 0 saturated carbocycles. The van der Waals surface area contributed by atoms with Gasteiger partial charge in [0.05, 0.1) is 12.3 Å². The summed E-state index contributed by atoms with van der Waals surface area (Å²) in [5.74, 6) is 0.888. The van der Waals surface area contributed by atoms with Crippen LogP contribution in [0.15, 0.2) is 12.1 Å². The molecule has 0 N–H and O–H groups in total. The molecule has 3 rings (SSSR count). The van der Waals surface area contributed by atoms with Gasteiger partial charge in [-0.2, -0.15) is 0 Å². The minimum Gasteiger partial charge on any atom is -0.478 e. The monoisotopic (exact) mass is 316 g/mol. The van der Waals surface area contributed by atoms with Crippen molar-refractivity contribution in [1.29, 1.82) is 0 Å². The number of methoxy groups -OCH3 is 1. The van der Waals surface area contributed by atoms with E-state index in [-0.39, 0.29) is 12.0 Å². The molecule has 0 aromatic heterocycles. The second-order valence-corrected chi connectivity index (χ2v) is 6.39. The molecule has 23 heavy (non-hydrogen) atoms. The molecule has 2 aliphatic heterocycles. The van der Waals surface area contributed by atoms with Crippen LogP contribution >= 0.6 is 0 Å². The number of ether oxygens (including phenoxy) is 2. The predicted molar refractivity (Wildman–Crippen MR) is 92.9 cm³/mol. The fourth-order valence-electron chi connectivity index (χ4n) is 3.33. The third-order valence-corrected chi connectivity index (χ3v) is 4.80. The van der Waals surface area contributed by atoms with Gasteiger partial charge in [-0.1, -0.05) is 6.92 Å². The van der Waals surface area contributed by atoms with Gasteiger partial charge in [-0.25, -0.2) is 0 Å². The summed E-state index contributed by atoms with van der Waals surface area (Å²) in [6.07, 6.45) is 2.35. The van der Waals surface area contributed by atoms with E-state index in [1.54, 1.807) is 7.11 Å². The van der Waals surface area contributed by atoms with E-state index in [0.717, 1.165) is 37.4 Å². The van der Waals surface area contributed by atoms with Crippen LogP contribution in [0.3, 0.4) is 0 Å². The van der Waals surface area contributed by atoms with Crippen molar-refractivity contribution in [2.45, 2.75) is 32.3 Å². The van der Waals surface area contributed by atoms with Crippen molar-refractivity contribution in [3.05, 3.63) is 23.3 Å². The Morgan fingerprint density at radius 1 is 1.30 bits per heavy atom. The highest BCUT2D eigenvalue weighted by molar-refractivity contribution is 6.04. The van der Waals surface area contributed by atoms with Crippen LogP contribution in [0.1, 0.15) is 24.5 Å². The minimum atomic E-state index is -0.383. The van der Waals surface area contributed by atoms with E-state index in [1.807, 2.05) is 11.8 Å². The first-order valence-corrected chi connectivity index (χ1v) is 8.45. The van der Waals surface area contributed by atoms with Crippen molar-refractivity contribution in [1.82, 2.24) is 4.81 Å². The lowest BCUT2D eigenvalue weighted by molar-refractivity contribution is -0.126. The Balaban J connectivity index is 1.98. The van der Waals surface area contributed by atoms with Crippen molar-refractivity contribution < 1.29 is 14.3 Å². The van der Waals surface area contributed by atoms with Crippen molar-refractivity contribution in [3.8, 4) is 5.75 Å². The molecule has 0 saturated heterocycles. The van der Waals surface area contributed by atoms with Crippen LogP contribution in [0.2, 0.25) is 0 Å². The van der Waals surface area contributed by atoms with Crippen LogP contribution in [0, 0.1) is 0 Å². The molecule has 0 spiro atoms. The number of hydrogen-bond donors (Lipinski definition) is 0. The fourth-order valence-corrected chi connectivity index (χ4v) is 3.33. The van der Waals surface area contributed by atoms with Crippen molar-refractivity contribution in [2.24, 2.45) is 0 Å². The van der Waals surface area contributed by atoms with E-state index < -0.39 is 0 Å². The lowest BCUT2D eigenvalue weighted by Crippen LogP contribution is -2.47. The van der Waals surface area contributed by atoms with Gasteiger partial charge in [0.25, 0.3) is 5.91 Å². The number of hydrogen-bond acceptors (Lipinski definition) is 4. The SMILES string of the molecule is BN1CCc2cc3c(cc2CC1)N(CCOC)C(=O)C(CC)O3. The smallest absolute Gasteiger partial charge is 0.268 e. The number of benzene rings is 1. The quantitative estimate of drug-likeness (QED) is 0.770. The van der Waals surface area contributed by atoms with Gasteiger partial charge < -0.3 is 19.2 Å².